The lowest BCUT2D eigenvalue weighted by Crippen LogP contribution is -2.53. The van der Waals surface area contributed by atoms with Gasteiger partial charge in [0.15, 0.2) is 0 Å². The maximum atomic E-state index is 11.7. The number of aliphatic hydroxyl groups is 1. The van der Waals surface area contributed by atoms with Crippen LogP contribution in [-0.2, 0) is 14.4 Å². The van der Waals surface area contributed by atoms with Gasteiger partial charge in [0.2, 0.25) is 17.7 Å². The Hall–Kier alpha value is -1.67. The molecule has 19 heavy (non-hydrogen) atoms. The number of aliphatic hydroxyl groups excluding tert-OH is 1. The fourth-order valence-electron chi connectivity index (χ4n) is 1.49. The van der Waals surface area contributed by atoms with Crippen molar-refractivity contribution in [2.75, 3.05) is 13.2 Å². The second-order valence-corrected chi connectivity index (χ2v) is 4.18. The van der Waals surface area contributed by atoms with Gasteiger partial charge in [-0.2, -0.15) is 0 Å². The molecule has 2 unspecified atom stereocenters. The number of carbonyl (C=O) groups excluding carboxylic acids is 3. The van der Waals surface area contributed by atoms with Crippen LogP contribution in [0.1, 0.15) is 26.2 Å². The van der Waals surface area contributed by atoms with E-state index in [1.807, 2.05) is 0 Å². The van der Waals surface area contributed by atoms with Gasteiger partial charge in [-0.25, -0.2) is 0 Å². The Labute approximate surface area is 111 Å². The highest BCUT2D eigenvalue weighted by atomic mass is 16.3. The van der Waals surface area contributed by atoms with Gasteiger partial charge in [0, 0.05) is 6.92 Å². The Morgan fingerprint density at radius 2 is 1.79 bits per heavy atom. The molecule has 0 aromatic heterocycles. The molecule has 0 fully saturated rings. The van der Waals surface area contributed by atoms with Crippen LogP contribution in [0.25, 0.3) is 0 Å². The zero-order valence-corrected chi connectivity index (χ0v) is 11.0. The molecular weight excluding hydrogens is 252 g/mol. The first-order chi connectivity index (χ1) is 8.92. The molecule has 0 radical (unpaired) electrons. The van der Waals surface area contributed by atoms with E-state index in [9.17, 15) is 14.4 Å². The molecule has 0 rings (SSSR count). The average molecular weight is 274 g/mol. The summed E-state index contributed by atoms with van der Waals surface area (Å²) in [7, 11) is 0. The zero-order chi connectivity index (χ0) is 14.8. The van der Waals surface area contributed by atoms with Gasteiger partial charge in [-0.15, -0.1) is 0 Å². The SMILES string of the molecule is CC(=O)NC(CO)C(=O)NC(CCCCN)C(N)=O. The van der Waals surface area contributed by atoms with E-state index in [1.165, 1.54) is 6.92 Å². The van der Waals surface area contributed by atoms with Gasteiger partial charge in [0.05, 0.1) is 6.61 Å². The van der Waals surface area contributed by atoms with Crippen LogP contribution in [0.4, 0.5) is 0 Å². The minimum Gasteiger partial charge on any atom is -0.394 e. The summed E-state index contributed by atoms with van der Waals surface area (Å²) < 4.78 is 0. The number of rotatable bonds is 9. The molecule has 0 heterocycles. The third-order valence-corrected chi connectivity index (χ3v) is 2.48. The van der Waals surface area contributed by atoms with Crippen molar-refractivity contribution in [2.45, 2.75) is 38.3 Å². The standard InChI is InChI=1S/C11H22N4O4/c1-7(17)14-9(6-16)11(19)15-8(10(13)18)4-2-3-5-12/h8-9,16H,2-6,12H2,1H3,(H2,13,18)(H,14,17)(H,15,19). The Morgan fingerprint density at radius 3 is 2.21 bits per heavy atom. The van der Waals surface area contributed by atoms with Crippen molar-refractivity contribution in [2.24, 2.45) is 11.5 Å². The quantitative estimate of drug-likeness (QED) is 0.297. The zero-order valence-electron chi connectivity index (χ0n) is 11.0. The van der Waals surface area contributed by atoms with Crippen molar-refractivity contribution in [3.63, 3.8) is 0 Å². The first-order valence-corrected chi connectivity index (χ1v) is 6.10. The summed E-state index contributed by atoms with van der Waals surface area (Å²) in [5.74, 6) is -1.76. The molecule has 3 amide bonds. The van der Waals surface area contributed by atoms with Gasteiger partial charge in [-0.1, -0.05) is 0 Å². The molecule has 110 valence electrons. The minimum atomic E-state index is -1.09. The van der Waals surface area contributed by atoms with Gasteiger partial charge >= 0.3 is 0 Å². The van der Waals surface area contributed by atoms with Gasteiger partial charge in [0.1, 0.15) is 12.1 Å². The van der Waals surface area contributed by atoms with Crippen LogP contribution < -0.4 is 22.1 Å². The molecular formula is C11H22N4O4. The Bertz CT molecular complexity index is 322. The van der Waals surface area contributed by atoms with Crippen LogP contribution in [0.3, 0.4) is 0 Å². The third-order valence-electron chi connectivity index (χ3n) is 2.48. The highest BCUT2D eigenvalue weighted by molar-refractivity contribution is 5.91. The van der Waals surface area contributed by atoms with Crippen LogP contribution >= 0.6 is 0 Å². The third kappa shape index (κ3) is 7.37. The van der Waals surface area contributed by atoms with Crippen molar-refractivity contribution in [3.05, 3.63) is 0 Å². The van der Waals surface area contributed by atoms with E-state index in [-0.39, 0.29) is 0 Å². The molecule has 0 bridgehead atoms. The Balaban J connectivity index is 4.43. The van der Waals surface area contributed by atoms with Gasteiger partial charge in [0.25, 0.3) is 0 Å². The van der Waals surface area contributed by atoms with Crippen LogP contribution in [0.2, 0.25) is 0 Å². The minimum absolute atomic E-state index is 0.372. The van der Waals surface area contributed by atoms with E-state index in [2.05, 4.69) is 10.6 Å². The lowest BCUT2D eigenvalue weighted by molar-refractivity contribution is -0.131. The molecule has 8 nitrogen and oxygen atoms in total. The number of nitrogens with two attached hydrogens (primary N) is 2. The molecule has 0 aromatic carbocycles. The summed E-state index contributed by atoms with van der Waals surface area (Å²) in [6.45, 7) is 1.16. The molecule has 8 heteroatoms. The predicted octanol–water partition coefficient (Wildman–Crippen LogP) is -2.42. The maximum absolute atomic E-state index is 11.7. The summed E-state index contributed by atoms with van der Waals surface area (Å²) >= 11 is 0. The van der Waals surface area contributed by atoms with E-state index in [4.69, 9.17) is 16.6 Å². The smallest absolute Gasteiger partial charge is 0.245 e. The summed E-state index contributed by atoms with van der Waals surface area (Å²) in [5, 5.41) is 13.7. The van der Waals surface area contributed by atoms with E-state index >= 15 is 0 Å². The van der Waals surface area contributed by atoms with Gasteiger partial charge in [-0.05, 0) is 25.8 Å². The summed E-state index contributed by atoms with van der Waals surface area (Å²) in [6, 6.07) is -1.92. The lowest BCUT2D eigenvalue weighted by Gasteiger charge is -2.20. The Kier molecular flexibility index (Phi) is 8.47. The highest BCUT2D eigenvalue weighted by Gasteiger charge is 2.23. The molecule has 0 aliphatic carbocycles. The number of hydrogen-bond donors (Lipinski definition) is 5. The predicted molar refractivity (Wildman–Crippen MR) is 68.7 cm³/mol. The number of unbranched alkanes of at least 4 members (excludes halogenated alkanes) is 1. The number of nitrogens with one attached hydrogen (secondary N) is 2. The van der Waals surface area contributed by atoms with Crippen molar-refractivity contribution >= 4 is 17.7 Å². The molecule has 0 spiro atoms. The van der Waals surface area contributed by atoms with Crippen molar-refractivity contribution in [1.29, 1.82) is 0 Å². The van der Waals surface area contributed by atoms with Crippen molar-refractivity contribution in [1.82, 2.24) is 10.6 Å². The van der Waals surface area contributed by atoms with E-state index in [0.717, 1.165) is 6.42 Å². The lowest BCUT2D eigenvalue weighted by atomic mass is 10.1. The normalized spacial score (nSPS) is 13.4. The molecule has 0 aliphatic rings. The van der Waals surface area contributed by atoms with Gasteiger partial charge in [-0.3, -0.25) is 14.4 Å². The molecule has 7 N–H and O–H groups in total. The van der Waals surface area contributed by atoms with Crippen LogP contribution in [0.15, 0.2) is 0 Å². The molecule has 0 aliphatic heterocycles. The van der Waals surface area contributed by atoms with Crippen molar-refractivity contribution < 1.29 is 19.5 Å². The van der Waals surface area contributed by atoms with Gasteiger partial charge < -0.3 is 27.2 Å². The monoisotopic (exact) mass is 274 g/mol. The first-order valence-electron chi connectivity index (χ1n) is 6.10. The summed E-state index contributed by atoms with van der Waals surface area (Å²) in [5.41, 5.74) is 10.5. The van der Waals surface area contributed by atoms with E-state index < -0.39 is 36.4 Å². The maximum Gasteiger partial charge on any atom is 0.245 e. The largest absolute Gasteiger partial charge is 0.394 e. The Morgan fingerprint density at radius 1 is 1.16 bits per heavy atom. The number of hydrogen-bond acceptors (Lipinski definition) is 5. The number of primary amides is 1. The second kappa shape index (κ2) is 9.29. The first kappa shape index (κ1) is 17.3. The summed E-state index contributed by atoms with van der Waals surface area (Å²) in [6.07, 6.45) is 1.74. The molecule has 2 atom stereocenters. The molecule has 0 saturated heterocycles. The second-order valence-electron chi connectivity index (χ2n) is 4.18. The topological polar surface area (TPSA) is 148 Å². The van der Waals surface area contributed by atoms with E-state index in [1.54, 1.807) is 0 Å². The summed E-state index contributed by atoms with van der Waals surface area (Å²) in [4.78, 5) is 33.8. The number of carbonyl (C=O) groups is 3. The van der Waals surface area contributed by atoms with Crippen LogP contribution in [0, 0.1) is 0 Å². The number of amides is 3. The highest BCUT2D eigenvalue weighted by Crippen LogP contribution is 2.00. The fraction of sp³-hybridized carbons (Fsp3) is 0.727. The van der Waals surface area contributed by atoms with E-state index in [0.29, 0.717) is 19.4 Å². The average Bonchev–Trinajstić information content (AvgIpc) is 2.34. The van der Waals surface area contributed by atoms with Crippen LogP contribution in [-0.4, -0.2) is 48.1 Å². The van der Waals surface area contributed by atoms with Crippen LogP contribution in [0.5, 0.6) is 0 Å². The molecule has 0 aromatic rings. The van der Waals surface area contributed by atoms with Crippen molar-refractivity contribution in [3.8, 4) is 0 Å². The molecule has 0 saturated carbocycles. The fourth-order valence-corrected chi connectivity index (χ4v) is 1.49.